The van der Waals surface area contributed by atoms with Crippen molar-refractivity contribution in [2.45, 2.75) is 90.8 Å². The van der Waals surface area contributed by atoms with Crippen molar-refractivity contribution in [1.29, 1.82) is 0 Å². The average molecular weight is 280 g/mol. The van der Waals surface area contributed by atoms with E-state index >= 15 is 0 Å². The SMILES string of the molecule is CCC1(CC)CN(C2CCCCC2C)C(C(C)C)CN1. The third kappa shape index (κ3) is 3.22. The van der Waals surface area contributed by atoms with E-state index in [0.29, 0.717) is 5.54 Å². The smallest absolute Gasteiger partial charge is 0.0304 e. The van der Waals surface area contributed by atoms with Crippen molar-refractivity contribution in [3.05, 3.63) is 0 Å². The molecule has 0 bridgehead atoms. The summed E-state index contributed by atoms with van der Waals surface area (Å²) in [5, 5.41) is 3.91. The van der Waals surface area contributed by atoms with E-state index in [1.54, 1.807) is 0 Å². The molecule has 2 rings (SSSR count). The predicted octanol–water partition coefficient (Wildman–Crippen LogP) is 4.05. The van der Waals surface area contributed by atoms with Gasteiger partial charge in [-0.05, 0) is 37.5 Å². The lowest BCUT2D eigenvalue weighted by Crippen LogP contribution is -2.67. The van der Waals surface area contributed by atoms with Gasteiger partial charge in [0.25, 0.3) is 0 Å². The number of hydrogen-bond donors (Lipinski definition) is 1. The highest BCUT2D eigenvalue weighted by Gasteiger charge is 2.42. The molecule has 2 aliphatic rings. The van der Waals surface area contributed by atoms with Gasteiger partial charge >= 0.3 is 0 Å². The third-order valence-corrected chi connectivity index (χ3v) is 6.21. The van der Waals surface area contributed by atoms with Gasteiger partial charge in [-0.2, -0.15) is 0 Å². The number of piperazine rings is 1. The molecule has 20 heavy (non-hydrogen) atoms. The topological polar surface area (TPSA) is 15.3 Å². The summed E-state index contributed by atoms with van der Waals surface area (Å²) >= 11 is 0. The molecule has 1 saturated heterocycles. The van der Waals surface area contributed by atoms with Gasteiger partial charge in [0.05, 0.1) is 0 Å². The van der Waals surface area contributed by atoms with Gasteiger partial charge in [0.1, 0.15) is 0 Å². The Morgan fingerprint density at radius 1 is 1.15 bits per heavy atom. The Labute approximate surface area is 126 Å². The molecule has 2 nitrogen and oxygen atoms in total. The van der Waals surface area contributed by atoms with Crippen molar-refractivity contribution in [2.24, 2.45) is 11.8 Å². The summed E-state index contributed by atoms with van der Waals surface area (Å²) in [6.45, 7) is 14.4. The fraction of sp³-hybridized carbons (Fsp3) is 1.00. The molecule has 1 heterocycles. The van der Waals surface area contributed by atoms with Crippen molar-refractivity contribution in [3.8, 4) is 0 Å². The van der Waals surface area contributed by atoms with Gasteiger partial charge in [-0.25, -0.2) is 0 Å². The first-order chi connectivity index (χ1) is 9.53. The van der Waals surface area contributed by atoms with Crippen LogP contribution in [0.5, 0.6) is 0 Å². The summed E-state index contributed by atoms with van der Waals surface area (Å²) in [6.07, 6.45) is 8.26. The van der Waals surface area contributed by atoms with Gasteiger partial charge in [0.15, 0.2) is 0 Å². The number of nitrogens with one attached hydrogen (secondary N) is 1. The highest BCUT2D eigenvalue weighted by molar-refractivity contribution is 5.00. The molecule has 1 saturated carbocycles. The van der Waals surface area contributed by atoms with Crippen LogP contribution in [-0.4, -0.2) is 35.6 Å². The second-order valence-electron chi connectivity index (χ2n) is 7.68. The molecule has 0 amide bonds. The van der Waals surface area contributed by atoms with E-state index < -0.39 is 0 Å². The molecule has 1 aliphatic carbocycles. The van der Waals surface area contributed by atoms with Crippen molar-refractivity contribution in [2.75, 3.05) is 13.1 Å². The number of nitrogens with zero attached hydrogens (tertiary/aromatic N) is 1. The molecule has 2 heteroatoms. The molecule has 0 aromatic carbocycles. The molecular weight excluding hydrogens is 244 g/mol. The Bertz CT molecular complexity index is 296. The first kappa shape index (κ1) is 16.3. The largest absolute Gasteiger partial charge is 0.308 e. The highest BCUT2D eigenvalue weighted by Crippen LogP contribution is 2.34. The molecule has 1 aliphatic heterocycles. The maximum absolute atomic E-state index is 3.91. The second-order valence-corrected chi connectivity index (χ2v) is 7.68. The molecule has 0 spiro atoms. The Hall–Kier alpha value is -0.0800. The lowest BCUT2D eigenvalue weighted by molar-refractivity contribution is -0.0130. The zero-order chi connectivity index (χ0) is 14.8. The average Bonchev–Trinajstić information content (AvgIpc) is 2.47. The third-order valence-electron chi connectivity index (χ3n) is 6.21. The van der Waals surface area contributed by atoms with Crippen molar-refractivity contribution >= 4 is 0 Å². The van der Waals surface area contributed by atoms with Gasteiger partial charge in [-0.1, -0.05) is 47.5 Å². The molecule has 0 aromatic heterocycles. The second kappa shape index (κ2) is 6.79. The predicted molar refractivity (Wildman–Crippen MR) is 88.1 cm³/mol. The first-order valence-corrected chi connectivity index (χ1v) is 9.03. The zero-order valence-electron chi connectivity index (χ0n) is 14.4. The monoisotopic (exact) mass is 280 g/mol. The van der Waals surface area contributed by atoms with E-state index in [1.165, 1.54) is 51.6 Å². The minimum absolute atomic E-state index is 0.364. The Morgan fingerprint density at radius 2 is 1.80 bits per heavy atom. The van der Waals surface area contributed by atoms with E-state index in [0.717, 1.165) is 23.9 Å². The van der Waals surface area contributed by atoms with E-state index in [-0.39, 0.29) is 0 Å². The lowest BCUT2D eigenvalue weighted by Gasteiger charge is -2.53. The Kier molecular flexibility index (Phi) is 5.53. The van der Waals surface area contributed by atoms with Crippen LogP contribution in [0.3, 0.4) is 0 Å². The van der Waals surface area contributed by atoms with E-state index in [9.17, 15) is 0 Å². The minimum atomic E-state index is 0.364. The van der Waals surface area contributed by atoms with E-state index in [1.807, 2.05) is 0 Å². The maximum atomic E-state index is 3.91. The summed E-state index contributed by atoms with van der Waals surface area (Å²) in [5.41, 5.74) is 0.364. The van der Waals surface area contributed by atoms with Crippen molar-refractivity contribution in [1.82, 2.24) is 10.2 Å². The van der Waals surface area contributed by atoms with Gasteiger partial charge in [-0.3, -0.25) is 4.90 Å². The zero-order valence-corrected chi connectivity index (χ0v) is 14.4. The molecule has 3 atom stereocenters. The van der Waals surface area contributed by atoms with Crippen LogP contribution in [0.1, 0.15) is 73.1 Å². The maximum Gasteiger partial charge on any atom is 0.0304 e. The fourth-order valence-corrected chi connectivity index (χ4v) is 4.46. The van der Waals surface area contributed by atoms with Crippen LogP contribution in [0.15, 0.2) is 0 Å². The first-order valence-electron chi connectivity index (χ1n) is 9.03. The van der Waals surface area contributed by atoms with Crippen LogP contribution in [-0.2, 0) is 0 Å². The quantitative estimate of drug-likeness (QED) is 0.835. The van der Waals surface area contributed by atoms with E-state index in [4.69, 9.17) is 0 Å². The summed E-state index contributed by atoms with van der Waals surface area (Å²) in [5.74, 6) is 1.64. The molecule has 3 unspecified atom stereocenters. The molecule has 0 aromatic rings. The summed E-state index contributed by atoms with van der Waals surface area (Å²) in [7, 11) is 0. The summed E-state index contributed by atoms with van der Waals surface area (Å²) < 4.78 is 0. The fourth-order valence-electron chi connectivity index (χ4n) is 4.46. The molecule has 118 valence electrons. The van der Waals surface area contributed by atoms with Gasteiger partial charge < -0.3 is 5.32 Å². The molecular formula is C18H36N2. The molecule has 2 fully saturated rings. The normalized spacial score (nSPS) is 35.4. The molecule has 1 N–H and O–H groups in total. The van der Waals surface area contributed by atoms with Gasteiger partial charge in [-0.15, -0.1) is 0 Å². The lowest BCUT2D eigenvalue weighted by atomic mass is 9.79. The minimum Gasteiger partial charge on any atom is -0.308 e. The number of hydrogen-bond acceptors (Lipinski definition) is 2. The Morgan fingerprint density at radius 3 is 2.35 bits per heavy atom. The Balaban J connectivity index is 2.18. The van der Waals surface area contributed by atoms with Gasteiger partial charge in [0.2, 0.25) is 0 Å². The van der Waals surface area contributed by atoms with Crippen LogP contribution in [0.4, 0.5) is 0 Å². The van der Waals surface area contributed by atoms with Crippen molar-refractivity contribution in [3.63, 3.8) is 0 Å². The van der Waals surface area contributed by atoms with Crippen molar-refractivity contribution < 1.29 is 0 Å². The van der Waals surface area contributed by atoms with Gasteiger partial charge in [0, 0.05) is 30.7 Å². The summed E-state index contributed by atoms with van der Waals surface area (Å²) in [6, 6.07) is 1.56. The van der Waals surface area contributed by atoms with Crippen LogP contribution in [0, 0.1) is 11.8 Å². The van der Waals surface area contributed by atoms with E-state index in [2.05, 4.69) is 44.8 Å². The summed E-state index contributed by atoms with van der Waals surface area (Å²) in [4.78, 5) is 2.91. The van der Waals surface area contributed by atoms with Crippen LogP contribution >= 0.6 is 0 Å². The van der Waals surface area contributed by atoms with Crippen LogP contribution in [0.2, 0.25) is 0 Å². The van der Waals surface area contributed by atoms with Crippen LogP contribution in [0.25, 0.3) is 0 Å². The molecule has 0 radical (unpaired) electrons. The highest BCUT2D eigenvalue weighted by atomic mass is 15.3. The van der Waals surface area contributed by atoms with Crippen LogP contribution < -0.4 is 5.32 Å². The standard InChI is InChI=1S/C18H36N2/c1-6-18(7-2)13-20(17(12-19-18)14(3)4)16-11-9-8-10-15(16)5/h14-17,19H,6-13H2,1-5H3. The number of rotatable bonds is 4.